The maximum absolute atomic E-state index is 11.7. The Morgan fingerprint density at radius 2 is 2.00 bits per heavy atom. The Morgan fingerprint density at radius 1 is 1.40 bits per heavy atom. The molecule has 0 radical (unpaired) electrons. The molecule has 4 nitrogen and oxygen atoms in total. The summed E-state index contributed by atoms with van der Waals surface area (Å²) in [5.74, 6) is 0.0150. The average molecular weight is 342 g/mol. The minimum atomic E-state index is -0.0487. The zero-order chi connectivity index (χ0) is 15.1. The van der Waals surface area contributed by atoms with Crippen LogP contribution in [-0.4, -0.2) is 37.0 Å². The van der Waals surface area contributed by atoms with Gasteiger partial charge in [-0.1, -0.05) is 35.0 Å². The van der Waals surface area contributed by atoms with E-state index >= 15 is 0 Å². The molecular formula is C15H24BrN3O. The number of rotatable bonds is 7. The molecule has 0 saturated carbocycles. The Bertz CT molecular complexity index is 420. The molecule has 0 saturated heterocycles. The second-order valence-corrected chi connectivity index (χ2v) is 5.91. The number of carbonyl (C=O) groups is 1. The van der Waals surface area contributed by atoms with Gasteiger partial charge in [0.1, 0.15) is 0 Å². The minimum Gasteiger partial charge on any atom is -0.358 e. The standard InChI is InChI=1S/C15H24BrN3O/c1-4-9-19(10-14(20)18-3)15(11(2)17)12-5-7-13(16)8-6-12/h5-8,11,15H,4,9-10,17H2,1-3H3,(H,18,20). The SMILES string of the molecule is CCCN(CC(=O)NC)C(c1ccc(Br)cc1)C(C)N. The fourth-order valence-corrected chi connectivity index (χ4v) is 2.64. The van der Waals surface area contributed by atoms with Crippen LogP contribution < -0.4 is 11.1 Å². The van der Waals surface area contributed by atoms with Crippen LogP contribution in [0, 0.1) is 0 Å². The molecule has 0 aromatic heterocycles. The van der Waals surface area contributed by atoms with Gasteiger partial charge < -0.3 is 11.1 Å². The normalized spacial score (nSPS) is 14.1. The van der Waals surface area contributed by atoms with E-state index in [-0.39, 0.29) is 18.0 Å². The minimum absolute atomic E-state index is 0.0150. The molecule has 1 aromatic rings. The van der Waals surface area contributed by atoms with E-state index in [9.17, 15) is 4.79 Å². The zero-order valence-corrected chi connectivity index (χ0v) is 14.0. The van der Waals surface area contributed by atoms with Crippen molar-refractivity contribution in [3.05, 3.63) is 34.3 Å². The molecule has 0 bridgehead atoms. The lowest BCUT2D eigenvalue weighted by Crippen LogP contribution is -2.44. The van der Waals surface area contributed by atoms with E-state index in [1.807, 2.05) is 19.1 Å². The molecule has 1 amide bonds. The highest BCUT2D eigenvalue weighted by Gasteiger charge is 2.25. The molecule has 0 aliphatic rings. The van der Waals surface area contributed by atoms with Crippen molar-refractivity contribution in [2.24, 2.45) is 5.73 Å². The molecule has 2 unspecified atom stereocenters. The summed E-state index contributed by atoms with van der Waals surface area (Å²) in [6.07, 6.45) is 0.983. The van der Waals surface area contributed by atoms with Gasteiger partial charge >= 0.3 is 0 Å². The highest BCUT2D eigenvalue weighted by Crippen LogP contribution is 2.25. The van der Waals surface area contributed by atoms with Crippen molar-refractivity contribution >= 4 is 21.8 Å². The molecule has 0 aliphatic carbocycles. The lowest BCUT2D eigenvalue weighted by Gasteiger charge is -2.34. The van der Waals surface area contributed by atoms with Gasteiger partial charge in [0.2, 0.25) is 5.91 Å². The van der Waals surface area contributed by atoms with E-state index in [1.165, 1.54) is 0 Å². The first kappa shape index (κ1) is 17.1. The van der Waals surface area contributed by atoms with E-state index < -0.39 is 0 Å². The van der Waals surface area contributed by atoms with Crippen molar-refractivity contribution in [3.63, 3.8) is 0 Å². The highest BCUT2D eigenvalue weighted by molar-refractivity contribution is 9.10. The number of nitrogens with two attached hydrogens (primary N) is 1. The van der Waals surface area contributed by atoms with Crippen LogP contribution in [0.1, 0.15) is 31.9 Å². The fraction of sp³-hybridized carbons (Fsp3) is 0.533. The number of likely N-dealkylation sites (N-methyl/N-ethyl adjacent to an activating group) is 1. The van der Waals surface area contributed by atoms with Crippen LogP contribution >= 0.6 is 15.9 Å². The quantitative estimate of drug-likeness (QED) is 0.799. The smallest absolute Gasteiger partial charge is 0.233 e. The second-order valence-electron chi connectivity index (χ2n) is 5.00. The number of benzene rings is 1. The topological polar surface area (TPSA) is 58.4 Å². The molecule has 0 aliphatic heterocycles. The largest absolute Gasteiger partial charge is 0.358 e. The average Bonchev–Trinajstić information content (AvgIpc) is 2.41. The Morgan fingerprint density at radius 3 is 2.45 bits per heavy atom. The molecule has 0 fully saturated rings. The summed E-state index contributed by atoms with van der Waals surface area (Å²) in [4.78, 5) is 13.9. The number of amides is 1. The number of hydrogen-bond donors (Lipinski definition) is 2. The summed E-state index contributed by atoms with van der Waals surface area (Å²) in [5, 5.41) is 2.68. The Hall–Kier alpha value is -0.910. The van der Waals surface area contributed by atoms with E-state index in [4.69, 9.17) is 5.73 Å². The number of carbonyl (C=O) groups excluding carboxylic acids is 1. The van der Waals surface area contributed by atoms with Crippen molar-refractivity contribution < 1.29 is 4.79 Å². The molecule has 2 atom stereocenters. The maximum atomic E-state index is 11.7. The second kappa shape index (κ2) is 8.39. The lowest BCUT2D eigenvalue weighted by atomic mass is 9.99. The van der Waals surface area contributed by atoms with Gasteiger partial charge in [-0.25, -0.2) is 0 Å². The number of nitrogens with one attached hydrogen (secondary N) is 1. The maximum Gasteiger partial charge on any atom is 0.233 e. The number of hydrogen-bond acceptors (Lipinski definition) is 3. The summed E-state index contributed by atoms with van der Waals surface area (Å²) in [7, 11) is 1.66. The Kier molecular flexibility index (Phi) is 7.19. The Labute approximate surface area is 129 Å². The van der Waals surface area contributed by atoms with E-state index in [0.29, 0.717) is 6.54 Å². The van der Waals surface area contributed by atoms with Crippen molar-refractivity contribution in [2.75, 3.05) is 20.1 Å². The van der Waals surface area contributed by atoms with E-state index in [2.05, 4.69) is 45.2 Å². The van der Waals surface area contributed by atoms with Crippen LogP contribution in [-0.2, 0) is 4.79 Å². The van der Waals surface area contributed by atoms with Crippen LogP contribution in [0.4, 0.5) is 0 Å². The van der Waals surface area contributed by atoms with Crippen LogP contribution in [0.25, 0.3) is 0 Å². The highest BCUT2D eigenvalue weighted by atomic mass is 79.9. The molecule has 20 heavy (non-hydrogen) atoms. The van der Waals surface area contributed by atoms with Gasteiger partial charge in [0.25, 0.3) is 0 Å². The van der Waals surface area contributed by atoms with Gasteiger partial charge in [-0.2, -0.15) is 0 Å². The van der Waals surface area contributed by atoms with Gasteiger partial charge in [0.15, 0.2) is 0 Å². The van der Waals surface area contributed by atoms with Crippen molar-refractivity contribution in [1.82, 2.24) is 10.2 Å². The first-order chi connectivity index (χ1) is 9.49. The van der Waals surface area contributed by atoms with Crippen molar-refractivity contribution in [2.45, 2.75) is 32.4 Å². The predicted molar refractivity (Wildman–Crippen MR) is 86.5 cm³/mol. The van der Waals surface area contributed by atoms with Gasteiger partial charge in [-0.15, -0.1) is 0 Å². The Balaban J connectivity index is 3.00. The first-order valence-electron chi connectivity index (χ1n) is 6.95. The summed E-state index contributed by atoms with van der Waals surface area (Å²) in [6, 6.07) is 8.13. The van der Waals surface area contributed by atoms with Crippen LogP contribution in [0.2, 0.25) is 0 Å². The zero-order valence-electron chi connectivity index (χ0n) is 12.4. The molecule has 0 heterocycles. The number of halogens is 1. The van der Waals surface area contributed by atoms with Crippen LogP contribution in [0.3, 0.4) is 0 Å². The molecule has 112 valence electrons. The summed E-state index contributed by atoms with van der Waals surface area (Å²) >= 11 is 3.44. The molecule has 1 rings (SSSR count). The van der Waals surface area contributed by atoms with Crippen LogP contribution in [0.5, 0.6) is 0 Å². The van der Waals surface area contributed by atoms with Gasteiger partial charge in [0.05, 0.1) is 12.6 Å². The van der Waals surface area contributed by atoms with E-state index in [1.54, 1.807) is 7.05 Å². The predicted octanol–water partition coefficient (Wildman–Crippen LogP) is 2.30. The van der Waals surface area contributed by atoms with Gasteiger partial charge in [-0.3, -0.25) is 9.69 Å². The van der Waals surface area contributed by atoms with Crippen molar-refractivity contribution in [1.29, 1.82) is 0 Å². The van der Waals surface area contributed by atoms with Crippen LogP contribution in [0.15, 0.2) is 28.7 Å². The summed E-state index contributed by atoms with van der Waals surface area (Å²) in [5.41, 5.74) is 7.31. The third-order valence-corrected chi connectivity index (χ3v) is 3.77. The first-order valence-corrected chi connectivity index (χ1v) is 7.74. The third-order valence-electron chi connectivity index (χ3n) is 3.24. The monoisotopic (exact) mass is 341 g/mol. The molecule has 5 heteroatoms. The molecule has 3 N–H and O–H groups in total. The fourth-order valence-electron chi connectivity index (χ4n) is 2.37. The molecular weight excluding hydrogens is 318 g/mol. The third kappa shape index (κ3) is 4.89. The number of nitrogens with zero attached hydrogens (tertiary/aromatic N) is 1. The molecule has 1 aromatic carbocycles. The van der Waals surface area contributed by atoms with Gasteiger partial charge in [-0.05, 0) is 37.6 Å². The lowest BCUT2D eigenvalue weighted by molar-refractivity contribution is -0.122. The molecule has 0 spiro atoms. The summed E-state index contributed by atoms with van der Waals surface area (Å²) in [6.45, 7) is 5.30. The summed E-state index contributed by atoms with van der Waals surface area (Å²) < 4.78 is 1.04. The van der Waals surface area contributed by atoms with Crippen molar-refractivity contribution in [3.8, 4) is 0 Å². The van der Waals surface area contributed by atoms with Gasteiger partial charge in [0, 0.05) is 17.6 Å². The van der Waals surface area contributed by atoms with E-state index in [0.717, 1.165) is 23.0 Å².